The van der Waals surface area contributed by atoms with Crippen LogP contribution >= 0.6 is 11.3 Å². The minimum Gasteiger partial charge on any atom is -0.369 e. The molecule has 2 aromatic heterocycles. The highest BCUT2D eigenvalue weighted by atomic mass is 32.1. The fourth-order valence-corrected chi connectivity index (χ4v) is 2.64. The number of carbonyl (C=O) groups is 1. The Labute approximate surface area is 122 Å². The number of anilines is 1. The highest BCUT2D eigenvalue weighted by Crippen LogP contribution is 2.11. The molecule has 0 aliphatic heterocycles. The summed E-state index contributed by atoms with van der Waals surface area (Å²) < 4.78 is 0. The summed E-state index contributed by atoms with van der Waals surface area (Å²) in [6.07, 6.45) is 0.826. The van der Waals surface area contributed by atoms with Gasteiger partial charge in [0, 0.05) is 23.9 Å². The first-order valence-electron chi connectivity index (χ1n) is 6.60. The van der Waals surface area contributed by atoms with Gasteiger partial charge in [-0.15, -0.1) is 21.5 Å². The highest BCUT2D eigenvalue weighted by Gasteiger charge is 2.12. The summed E-state index contributed by atoms with van der Waals surface area (Å²) in [6, 6.07) is 7.59. The van der Waals surface area contributed by atoms with Crippen LogP contribution in [0.2, 0.25) is 0 Å². The summed E-state index contributed by atoms with van der Waals surface area (Å²) in [5, 5.41) is 15.9. The van der Waals surface area contributed by atoms with E-state index in [0.29, 0.717) is 11.5 Å². The molecule has 0 aromatic carbocycles. The molecule has 6 heteroatoms. The third kappa shape index (κ3) is 4.03. The SMILES string of the molecule is CCNc1ccc(C(=O)NC(C)Cc2cccs2)nn1. The Balaban J connectivity index is 1.90. The van der Waals surface area contributed by atoms with E-state index in [0.717, 1.165) is 13.0 Å². The predicted molar refractivity (Wildman–Crippen MR) is 81.1 cm³/mol. The maximum absolute atomic E-state index is 12.0. The molecule has 5 nitrogen and oxygen atoms in total. The molecule has 20 heavy (non-hydrogen) atoms. The van der Waals surface area contributed by atoms with Crippen molar-refractivity contribution in [1.82, 2.24) is 15.5 Å². The van der Waals surface area contributed by atoms with Crippen molar-refractivity contribution in [3.63, 3.8) is 0 Å². The normalized spacial score (nSPS) is 11.9. The quantitative estimate of drug-likeness (QED) is 0.857. The number of amides is 1. The van der Waals surface area contributed by atoms with Gasteiger partial charge in [0.15, 0.2) is 5.69 Å². The molecular weight excluding hydrogens is 272 g/mol. The fourth-order valence-electron chi connectivity index (χ4n) is 1.81. The molecule has 0 bridgehead atoms. The largest absolute Gasteiger partial charge is 0.369 e. The van der Waals surface area contributed by atoms with Crippen LogP contribution in [0.4, 0.5) is 5.82 Å². The van der Waals surface area contributed by atoms with Crippen molar-refractivity contribution < 1.29 is 4.79 Å². The minimum atomic E-state index is -0.190. The summed E-state index contributed by atoms with van der Waals surface area (Å²) in [5.41, 5.74) is 0.338. The Kier molecular flexibility index (Phi) is 5.06. The van der Waals surface area contributed by atoms with Gasteiger partial charge in [-0.25, -0.2) is 0 Å². The van der Waals surface area contributed by atoms with Crippen LogP contribution < -0.4 is 10.6 Å². The summed E-state index contributed by atoms with van der Waals surface area (Å²) in [4.78, 5) is 13.3. The molecule has 1 atom stereocenters. The van der Waals surface area contributed by atoms with E-state index >= 15 is 0 Å². The molecule has 2 rings (SSSR count). The maximum Gasteiger partial charge on any atom is 0.272 e. The second-order valence-electron chi connectivity index (χ2n) is 4.49. The Morgan fingerprint density at radius 3 is 2.80 bits per heavy atom. The van der Waals surface area contributed by atoms with Gasteiger partial charge >= 0.3 is 0 Å². The second kappa shape index (κ2) is 7.00. The molecule has 2 heterocycles. The zero-order valence-electron chi connectivity index (χ0n) is 11.6. The Hall–Kier alpha value is -1.95. The van der Waals surface area contributed by atoms with E-state index in [1.807, 2.05) is 25.3 Å². The van der Waals surface area contributed by atoms with E-state index in [9.17, 15) is 4.79 Å². The Morgan fingerprint density at radius 1 is 1.35 bits per heavy atom. The van der Waals surface area contributed by atoms with E-state index in [-0.39, 0.29) is 11.9 Å². The molecule has 0 saturated heterocycles. The fraction of sp³-hybridized carbons (Fsp3) is 0.357. The molecule has 0 spiro atoms. The Bertz CT molecular complexity index is 539. The lowest BCUT2D eigenvalue weighted by Crippen LogP contribution is -2.34. The van der Waals surface area contributed by atoms with Gasteiger partial charge in [0.1, 0.15) is 5.82 Å². The van der Waals surface area contributed by atoms with Crippen molar-refractivity contribution >= 4 is 23.1 Å². The van der Waals surface area contributed by atoms with Crippen molar-refractivity contribution in [2.75, 3.05) is 11.9 Å². The number of rotatable bonds is 6. The molecular formula is C14H18N4OS. The number of thiophene rings is 1. The van der Waals surface area contributed by atoms with Gasteiger partial charge in [-0.1, -0.05) is 6.07 Å². The van der Waals surface area contributed by atoms with Gasteiger partial charge in [0.05, 0.1) is 0 Å². The van der Waals surface area contributed by atoms with Crippen molar-refractivity contribution in [2.45, 2.75) is 26.3 Å². The van der Waals surface area contributed by atoms with E-state index in [1.165, 1.54) is 4.88 Å². The number of hydrogen-bond acceptors (Lipinski definition) is 5. The van der Waals surface area contributed by atoms with Crippen LogP contribution in [0.15, 0.2) is 29.6 Å². The third-order valence-corrected chi connectivity index (χ3v) is 3.62. The molecule has 1 unspecified atom stereocenters. The summed E-state index contributed by atoms with van der Waals surface area (Å²) in [5.74, 6) is 0.486. The molecule has 106 valence electrons. The molecule has 0 radical (unpaired) electrons. The van der Waals surface area contributed by atoms with E-state index < -0.39 is 0 Å². The van der Waals surface area contributed by atoms with Crippen molar-refractivity contribution in [3.8, 4) is 0 Å². The second-order valence-corrected chi connectivity index (χ2v) is 5.52. The predicted octanol–water partition coefficient (Wildman–Crippen LogP) is 2.33. The van der Waals surface area contributed by atoms with Crippen LogP contribution in [0.3, 0.4) is 0 Å². The van der Waals surface area contributed by atoms with Gasteiger partial charge in [0.2, 0.25) is 0 Å². The number of hydrogen-bond donors (Lipinski definition) is 2. The Morgan fingerprint density at radius 2 is 2.20 bits per heavy atom. The monoisotopic (exact) mass is 290 g/mol. The summed E-state index contributed by atoms with van der Waals surface area (Å²) in [7, 11) is 0. The van der Waals surface area contributed by atoms with E-state index in [1.54, 1.807) is 23.5 Å². The van der Waals surface area contributed by atoms with Crippen LogP contribution in [0, 0.1) is 0 Å². The lowest BCUT2D eigenvalue weighted by atomic mass is 10.2. The zero-order valence-corrected chi connectivity index (χ0v) is 12.4. The van der Waals surface area contributed by atoms with E-state index in [4.69, 9.17) is 0 Å². The first kappa shape index (κ1) is 14.5. The molecule has 0 fully saturated rings. The first-order valence-corrected chi connectivity index (χ1v) is 7.48. The number of nitrogens with zero attached hydrogens (tertiary/aromatic N) is 2. The number of aromatic nitrogens is 2. The third-order valence-electron chi connectivity index (χ3n) is 2.72. The first-order chi connectivity index (χ1) is 9.69. The number of nitrogens with one attached hydrogen (secondary N) is 2. The lowest BCUT2D eigenvalue weighted by molar-refractivity contribution is 0.0934. The number of carbonyl (C=O) groups excluding carboxylic acids is 1. The van der Waals surface area contributed by atoms with Crippen molar-refractivity contribution in [2.24, 2.45) is 0 Å². The van der Waals surface area contributed by atoms with Gasteiger partial charge in [-0.2, -0.15) is 0 Å². The smallest absolute Gasteiger partial charge is 0.272 e. The van der Waals surface area contributed by atoms with Gasteiger partial charge in [0.25, 0.3) is 5.91 Å². The molecule has 2 N–H and O–H groups in total. The lowest BCUT2D eigenvalue weighted by Gasteiger charge is -2.12. The highest BCUT2D eigenvalue weighted by molar-refractivity contribution is 7.09. The van der Waals surface area contributed by atoms with Crippen LogP contribution in [0.1, 0.15) is 29.2 Å². The molecule has 2 aromatic rings. The van der Waals surface area contributed by atoms with Gasteiger partial charge in [-0.3, -0.25) is 4.79 Å². The molecule has 0 aliphatic rings. The van der Waals surface area contributed by atoms with Gasteiger partial charge < -0.3 is 10.6 Å². The summed E-state index contributed by atoms with van der Waals surface area (Å²) >= 11 is 1.69. The molecule has 0 aliphatic carbocycles. The van der Waals surface area contributed by atoms with Crippen LogP contribution in [0.25, 0.3) is 0 Å². The zero-order chi connectivity index (χ0) is 14.4. The molecule has 1 amide bonds. The van der Waals surface area contributed by atoms with Crippen LogP contribution in [-0.2, 0) is 6.42 Å². The topological polar surface area (TPSA) is 66.9 Å². The van der Waals surface area contributed by atoms with E-state index in [2.05, 4.69) is 26.9 Å². The maximum atomic E-state index is 12.0. The van der Waals surface area contributed by atoms with Crippen molar-refractivity contribution in [3.05, 3.63) is 40.2 Å². The average molecular weight is 290 g/mol. The van der Waals surface area contributed by atoms with Crippen LogP contribution in [-0.4, -0.2) is 28.7 Å². The van der Waals surface area contributed by atoms with Gasteiger partial charge in [-0.05, 0) is 37.4 Å². The minimum absolute atomic E-state index is 0.0661. The average Bonchev–Trinajstić information content (AvgIpc) is 2.92. The van der Waals surface area contributed by atoms with Crippen molar-refractivity contribution in [1.29, 1.82) is 0 Å². The standard InChI is InChI=1S/C14H18N4OS/c1-3-15-13-7-6-12(17-18-13)14(19)16-10(2)9-11-5-4-8-20-11/h4-8,10H,3,9H2,1-2H3,(H,15,18)(H,16,19). The van der Waals surface area contributed by atoms with Crippen LogP contribution in [0.5, 0.6) is 0 Å². The summed E-state index contributed by atoms with van der Waals surface area (Å²) in [6.45, 7) is 4.74. The molecule has 0 saturated carbocycles.